The minimum absolute atomic E-state index is 0.779. The van der Waals surface area contributed by atoms with Gasteiger partial charge in [0.25, 0.3) is 0 Å². The van der Waals surface area contributed by atoms with E-state index in [0.29, 0.717) is 0 Å². The summed E-state index contributed by atoms with van der Waals surface area (Å²) in [5, 5.41) is 3.47. The molecule has 0 heterocycles. The molecule has 0 saturated carbocycles. The molecular formula is C4H9N3. The summed E-state index contributed by atoms with van der Waals surface area (Å²) in [7, 11) is 0. The van der Waals surface area contributed by atoms with Crippen molar-refractivity contribution in [1.29, 1.82) is 0 Å². The standard InChI is InChI=1S/C4H9N3/c1-4(2)7-6-3-5/h3,7H,1H2,2H3,(H2,5,6). The van der Waals surface area contributed by atoms with Crippen molar-refractivity contribution >= 4 is 6.34 Å². The highest BCUT2D eigenvalue weighted by Crippen LogP contribution is 1.73. The summed E-state index contributed by atoms with van der Waals surface area (Å²) in [6, 6.07) is 0. The number of nitrogens with two attached hydrogens (primary N) is 1. The van der Waals surface area contributed by atoms with Gasteiger partial charge in [-0.15, -0.1) is 0 Å². The summed E-state index contributed by atoms with van der Waals surface area (Å²) >= 11 is 0. The molecule has 0 aliphatic carbocycles. The van der Waals surface area contributed by atoms with Gasteiger partial charge in [0.15, 0.2) is 0 Å². The van der Waals surface area contributed by atoms with Crippen molar-refractivity contribution in [3.63, 3.8) is 0 Å². The van der Waals surface area contributed by atoms with Crippen LogP contribution in [0.25, 0.3) is 0 Å². The van der Waals surface area contributed by atoms with Gasteiger partial charge in [-0.2, -0.15) is 5.10 Å². The Labute approximate surface area is 42.9 Å². The van der Waals surface area contributed by atoms with Crippen LogP contribution in [0, 0.1) is 0 Å². The Bertz CT molecular complexity index is 84.9. The van der Waals surface area contributed by atoms with Gasteiger partial charge < -0.3 is 5.73 Å². The van der Waals surface area contributed by atoms with Crippen LogP contribution >= 0.6 is 0 Å². The van der Waals surface area contributed by atoms with Crippen molar-refractivity contribution < 1.29 is 0 Å². The molecule has 0 aromatic heterocycles. The fraction of sp³-hybridized carbons (Fsp3) is 0.250. The fourth-order valence-electron chi connectivity index (χ4n) is 0.147. The summed E-state index contributed by atoms with van der Waals surface area (Å²) in [5.74, 6) is 0. The molecule has 0 saturated heterocycles. The maximum absolute atomic E-state index is 4.88. The predicted octanol–water partition coefficient (Wildman–Crippen LogP) is 0.0116. The lowest BCUT2D eigenvalue weighted by Crippen LogP contribution is -2.03. The third-order valence-electron chi connectivity index (χ3n) is 0.330. The maximum Gasteiger partial charge on any atom is 0.106 e. The van der Waals surface area contributed by atoms with Crippen LogP contribution in [0.4, 0.5) is 0 Å². The topological polar surface area (TPSA) is 50.4 Å². The SMILES string of the molecule is C=C(C)N/N=C\N. The molecule has 0 rings (SSSR count). The van der Waals surface area contributed by atoms with E-state index in [-0.39, 0.29) is 0 Å². The Morgan fingerprint density at radius 3 is 2.71 bits per heavy atom. The van der Waals surface area contributed by atoms with Crippen LogP contribution in [0.3, 0.4) is 0 Å². The number of nitrogens with one attached hydrogen (secondary N) is 1. The highest BCUT2D eigenvalue weighted by molar-refractivity contribution is 5.50. The van der Waals surface area contributed by atoms with Gasteiger partial charge in [-0.3, -0.25) is 5.43 Å². The molecular weight excluding hydrogens is 90.1 g/mol. The molecule has 3 nitrogen and oxygen atoms in total. The molecule has 0 bridgehead atoms. The molecule has 0 fully saturated rings. The molecule has 0 aromatic rings. The van der Waals surface area contributed by atoms with Crippen LogP contribution in [0.2, 0.25) is 0 Å². The van der Waals surface area contributed by atoms with Gasteiger partial charge in [0, 0.05) is 5.70 Å². The number of hydrazone groups is 1. The molecule has 3 heteroatoms. The Hall–Kier alpha value is -0.990. The normalized spacial score (nSPS) is 9.29. The van der Waals surface area contributed by atoms with Crippen molar-refractivity contribution in [3.05, 3.63) is 12.3 Å². The molecule has 0 radical (unpaired) electrons. The first-order chi connectivity index (χ1) is 3.27. The lowest BCUT2D eigenvalue weighted by Gasteiger charge is -1.90. The molecule has 0 spiro atoms. The molecule has 0 aromatic carbocycles. The van der Waals surface area contributed by atoms with Crippen LogP contribution in [0.15, 0.2) is 17.4 Å². The molecule has 0 aliphatic rings. The van der Waals surface area contributed by atoms with Crippen molar-refractivity contribution in [2.75, 3.05) is 0 Å². The smallest absolute Gasteiger partial charge is 0.106 e. The van der Waals surface area contributed by atoms with Crippen LogP contribution in [0.1, 0.15) is 6.92 Å². The van der Waals surface area contributed by atoms with Gasteiger partial charge in [-0.1, -0.05) is 6.58 Å². The first-order valence-electron chi connectivity index (χ1n) is 1.92. The minimum Gasteiger partial charge on any atom is -0.388 e. The lowest BCUT2D eigenvalue weighted by atomic mass is 10.6. The number of hydrogen-bond donors (Lipinski definition) is 2. The van der Waals surface area contributed by atoms with Crippen molar-refractivity contribution in [2.24, 2.45) is 10.8 Å². The minimum atomic E-state index is 0.779. The number of nitrogens with zero attached hydrogens (tertiary/aromatic N) is 1. The van der Waals surface area contributed by atoms with Gasteiger partial charge in [0.2, 0.25) is 0 Å². The quantitative estimate of drug-likeness (QED) is 0.291. The third kappa shape index (κ3) is 5.01. The average molecular weight is 99.1 g/mol. The molecule has 0 unspecified atom stereocenters. The molecule has 0 aliphatic heterocycles. The van der Waals surface area contributed by atoms with Crippen molar-refractivity contribution in [2.45, 2.75) is 6.92 Å². The summed E-state index contributed by atoms with van der Waals surface area (Å²) in [4.78, 5) is 0. The monoisotopic (exact) mass is 99.1 g/mol. The first-order valence-corrected chi connectivity index (χ1v) is 1.92. The van der Waals surface area contributed by atoms with Crippen LogP contribution in [-0.4, -0.2) is 6.34 Å². The van der Waals surface area contributed by atoms with E-state index >= 15 is 0 Å². The van der Waals surface area contributed by atoms with E-state index < -0.39 is 0 Å². The zero-order valence-electron chi connectivity index (χ0n) is 4.31. The number of hydrogen-bond acceptors (Lipinski definition) is 2. The van der Waals surface area contributed by atoms with E-state index in [2.05, 4.69) is 17.1 Å². The van der Waals surface area contributed by atoms with E-state index in [1.54, 1.807) is 6.92 Å². The van der Waals surface area contributed by atoms with Crippen molar-refractivity contribution in [1.82, 2.24) is 5.43 Å². The summed E-state index contributed by atoms with van der Waals surface area (Å²) in [5.41, 5.74) is 8.21. The Balaban J connectivity index is 3.14. The van der Waals surface area contributed by atoms with Crippen LogP contribution in [0.5, 0.6) is 0 Å². The second-order valence-electron chi connectivity index (χ2n) is 1.17. The summed E-state index contributed by atoms with van der Waals surface area (Å²) in [6.45, 7) is 5.31. The summed E-state index contributed by atoms with van der Waals surface area (Å²) < 4.78 is 0. The van der Waals surface area contributed by atoms with Gasteiger partial charge >= 0.3 is 0 Å². The average Bonchev–Trinajstić information content (AvgIpc) is 1.61. The van der Waals surface area contributed by atoms with Crippen LogP contribution in [-0.2, 0) is 0 Å². The molecule has 0 amide bonds. The number of rotatable bonds is 2. The molecule has 0 atom stereocenters. The van der Waals surface area contributed by atoms with E-state index in [4.69, 9.17) is 5.73 Å². The van der Waals surface area contributed by atoms with Crippen molar-refractivity contribution in [3.8, 4) is 0 Å². The van der Waals surface area contributed by atoms with Gasteiger partial charge in [-0.05, 0) is 6.92 Å². The van der Waals surface area contributed by atoms with E-state index in [9.17, 15) is 0 Å². The van der Waals surface area contributed by atoms with Crippen LogP contribution < -0.4 is 11.2 Å². The zero-order valence-corrected chi connectivity index (χ0v) is 4.31. The Morgan fingerprint density at radius 1 is 2.00 bits per heavy atom. The molecule has 7 heavy (non-hydrogen) atoms. The third-order valence-corrected chi connectivity index (χ3v) is 0.330. The molecule has 3 N–H and O–H groups in total. The largest absolute Gasteiger partial charge is 0.388 e. The zero-order chi connectivity index (χ0) is 5.70. The second kappa shape index (κ2) is 3.21. The van der Waals surface area contributed by atoms with E-state index in [1.807, 2.05) is 0 Å². The highest BCUT2D eigenvalue weighted by atomic mass is 15.3. The fourth-order valence-corrected chi connectivity index (χ4v) is 0.147. The van der Waals surface area contributed by atoms with E-state index in [0.717, 1.165) is 5.70 Å². The Morgan fingerprint density at radius 2 is 2.57 bits per heavy atom. The highest BCUT2D eigenvalue weighted by Gasteiger charge is 1.69. The lowest BCUT2D eigenvalue weighted by molar-refractivity contribution is 0.897. The maximum atomic E-state index is 4.88. The molecule has 40 valence electrons. The Kier molecular flexibility index (Phi) is 2.76. The number of allylic oxidation sites excluding steroid dienone is 1. The van der Waals surface area contributed by atoms with E-state index in [1.165, 1.54) is 6.34 Å². The second-order valence-corrected chi connectivity index (χ2v) is 1.17. The van der Waals surface area contributed by atoms with Gasteiger partial charge in [0.1, 0.15) is 6.34 Å². The first kappa shape index (κ1) is 6.01. The van der Waals surface area contributed by atoms with Gasteiger partial charge in [0.05, 0.1) is 0 Å². The van der Waals surface area contributed by atoms with Gasteiger partial charge in [-0.25, -0.2) is 0 Å². The predicted molar refractivity (Wildman–Crippen MR) is 30.6 cm³/mol. The summed E-state index contributed by atoms with van der Waals surface area (Å²) in [6.07, 6.45) is 1.18.